The highest BCUT2D eigenvalue weighted by Crippen LogP contribution is 1.93. The van der Waals surface area contributed by atoms with Crippen molar-refractivity contribution < 1.29 is 19.1 Å². The lowest BCUT2D eigenvalue weighted by Crippen LogP contribution is -1.95. The third kappa shape index (κ3) is 28.6. The van der Waals surface area contributed by atoms with Gasteiger partial charge in [-0.15, -0.1) is 0 Å². The molecule has 3 rings (SSSR count). The van der Waals surface area contributed by atoms with Crippen LogP contribution in [0.15, 0.2) is 91.0 Å². The molecule has 0 N–H and O–H groups in total. The lowest BCUT2D eigenvalue weighted by Gasteiger charge is -1.89. The molecule has 0 fully saturated rings. The van der Waals surface area contributed by atoms with Crippen LogP contribution in [0.25, 0.3) is 0 Å². The second kappa shape index (κ2) is 23.3. The fourth-order valence-electron chi connectivity index (χ4n) is 2.01. The highest BCUT2D eigenvalue weighted by molar-refractivity contribution is 5.66. The summed E-state index contributed by atoms with van der Waals surface area (Å²) in [4.78, 5) is 19.6. The van der Waals surface area contributed by atoms with Crippen molar-refractivity contribution >= 4 is 11.9 Å². The first-order chi connectivity index (χ1) is 15.7. The number of esters is 2. The third-order valence-electron chi connectivity index (χ3n) is 3.52. The third-order valence-corrected chi connectivity index (χ3v) is 3.52. The second-order valence-electron chi connectivity index (χ2n) is 6.81. The van der Waals surface area contributed by atoms with Gasteiger partial charge in [0.15, 0.2) is 0 Å². The van der Waals surface area contributed by atoms with Crippen molar-refractivity contribution in [2.75, 3.05) is 13.2 Å². The number of carbonyl (C=O) groups excluding carboxylic acids is 2. The van der Waals surface area contributed by atoms with Crippen LogP contribution in [-0.4, -0.2) is 25.2 Å². The summed E-state index contributed by atoms with van der Waals surface area (Å²) in [6.45, 7) is 13.6. The van der Waals surface area contributed by atoms with E-state index in [1.807, 2.05) is 54.6 Å². The number of hydrogen-bond acceptors (Lipinski definition) is 4. The van der Waals surface area contributed by atoms with Crippen molar-refractivity contribution in [2.45, 2.75) is 48.5 Å². The molecule has 0 aromatic heterocycles. The number of ether oxygens (including phenoxy) is 2. The van der Waals surface area contributed by atoms with Crippen LogP contribution >= 0.6 is 0 Å². The minimum atomic E-state index is -0.211. The second-order valence-corrected chi connectivity index (χ2v) is 6.81. The van der Waals surface area contributed by atoms with Crippen molar-refractivity contribution in [2.24, 2.45) is 0 Å². The molecule has 0 aliphatic rings. The van der Waals surface area contributed by atoms with E-state index in [9.17, 15) is 9.59 Å². The van der Waals surface area contributed by atoms with Gasteiger partial charge in [0.1, 0.15) is 0 Å². The lowest BCUT2D eigenvalue weighted by molar-refractivity contribution is -0.141. The van der Waals surface area contributed by atoms with Crippen LogP contribution < -0.4 is 0 Å². The lowest BCUT2D eigenvalue weighted by atomic mass is 10.2. The van der Waals surface area contributed by atoms with Crippen molar-refractivity contribution in [3.63, 3.8) is 0 Å². The SMILES string of the molecule is CCOC(C)=O.CCOC(C)=O.Cc1ccccc1.Cc1ccccc1.Cc1ccccc1. The average Bonchev–Trinajstić information content (AvgIpc) is 2.77. The molecule has 0 unspecified atom stereocenters. The predicted molar refractivity (Wildman–Crippen MR) is 138 cm³/mol. The van der Waals surface area contributed by atoms with Gasteiger partial charge in [0, 0.05) is 13.8 Å². The molecule has 0 bridgehead atoms. The van der Waals surface area contributed by atoms with Gasteiger partial charge < -0.3 is 9.47 Å². The van der Waals surface area contributed by atoms with Gasteiger partial charge in [-0.05, 0) is 34.6 Å². The molecule has 0 saturated heterocycles. The molecule has 0 radical (unpaired) electrons. The van der Waals surface area contributed by atoms with Crippen LogP contribution in [0.5, 0.6) is 0 Å². The van der Waals surface area contributed by atoms with Crippen LogP contribution in [0.1, 0.15) is 44.4 Å². The van der Waals surface area contributed by atoms with E-state index in [2.05, 4.69) is 66.6 Å². The van der Waals surface area contributed by atoms with E-state index in [1.54, 1.807) is 13.8 Å². The molecular formula is C29H40O4. The van der Waals surface area contributed by atoms with Gasteiger partial charge in [-0.3, -0.25) is 9.59 Å². The zero-order valence-electron chi connectivity index (χ0n) is 21.2. The Morgan fingerprint density at radius 2 is 0.727 bits per heavy atom. The molecule has 0 spiro atoms. The first-order valence-electron chi connectivity index (χ1n) is 11.0. The Morgan fingerprint density at radius 3 is 0.788 bits per heavy atom. The molecule has 3 aromatic carbocycles. The number of hydrogen-bond donors (Lipinski definition) is 0. The van der Waals surface area contributed by atoms with E-state index in [0.717, 1.165) is 0 Å². The summed E-state index contributed by atoms with van der Waals surface area (Å²) in [6.07, 6.45) is 0. The highest BCUT2D eigenvalue weighted by Gasteiger charge is 1.82. The maximum Gasteiger partial charge on any atom is 0.302 e. The Morgan fingerprint density at radius 1 is 0.515 bits per heavy atom. The maximum absolute atomic E-state index is 9.82. The monoisotopic (exact) mass is 452 g/mol. The molecule has 0 heterocycles. The maximum atomic E-state index is 9.82. The first-order valence-corrected chi connectivity index (χ1v) is 11.0. The van der Waals surface area contributed by atoms with Crippen molar-refractivity contribution in [1.82, 2.24) is 0 Å². The van der Waals surface area contributed by atoms with Crippen molar-refractivity contribution in [3.05, 3.63) is 108 Å². The molecule has 180 valence electrons. The predicted octanol–water partition coefficient (Wildman–Crippen LogP) is 7.12. The Hall–Kier alpha value is -3.40. The fourth-order valence-corrected chi connectivity index (χ4v) is 2.01. The number of carbonyl (C=O) groups is 2. The average molecular weight is 453 g/mol. The zero-order valence-corrected chi connectivity index (χ0v) is 21.2. The molecule has 0 aliphatic carbocycles. The summed E-state index contributed by atoms with van der Waals surface area (Å²) < 4.78 is 8.81. The van der Waals surface area contributed by atoms with Gasteiger partial charge in [-0.2, -0.15) is 0 Å². The highest BCUT2D eigenvalue weighted by atomic mass is 16.5. The van der Waals surface area contributed by atoms with E-state index in [0.29, 0.717) is 13.2 Å². The van der Waals surface area contributed by atoms with E-state index >= 15 is 0 Å². The summed E-state index contributed by atoms with van der Waals surface area (Å²) in [5, 5.41) is 0. The van der Waals surface area contributed by atoms with Gasteiger partial charge >= 0.3 is 11.9 Å². The van der Waals surface area contributed by atoms with Crippen LogP contribution in [-0.2, 0) is 19.1 Å². The van der Waals surface area contributed by atoms with E-state index in [-0.39, 0.29) is 11.9 Å². The zero-order chi connectivity index (χ0) is 25.3. The van der Waals surface area contributed by atoms with Crippen LogP contribution in [0.4, 0.5) is 0 Å². The number of aryl methyl sites for hydroxylation is 3. The minimum absolute atomic E-state index is 0.211. The van der Waals surface area contributed by atoms with Gasteiger partial charge in [0.2, 0.25) is 0 Å². The van der Waals surface area contributed by atoms with Gasteiger partial charge in [0.05, 0.1) is 13.2 Å². The smallest absolute Gasteiger partial charge is 0.302 e. The molecule has 33 heavy (non-hydrogen) atoms. The van der Waals surface area contributed by atoms with Gasteiger partial charge in [-0.1, -0.05) is 108 Å². The molecule has 0 aliphatic heterocycles. The van der Waals surface area contributed by atoms with Crippen molar-refractivity contribution in [3.8, 4) is 0 Å². The molecule has 0 saturated carbocycles. The quantitative estimate of drug-likeness (QED) is 0.388. The number of rotatable bonds is 2. The summed E-state index contributed by atoms with van der Waals surface area (Å²) >= 11 is 0. The van der Waals surface area contributed by atoms with Crippen LogP contribution in [0.3, 0.4) is 0 Å². The summed E-state index contributed by atoms with van der Waals surface area (Å²) in [5.41, 5.74) is 3.97. The number of benzene rings is 3. The molecule has 0 amide bonds. The molecule has 3 aromatic rings. The van der Waals surface area contributed by atoms with E-state index in [1.165, 1.54) is 30.5 Å². The van der Waals surface area contributed by atoms with Crippen LogP contribution in [0, 0.1) is 20.8 Å². The molecular weight excluding hydrogens is 412 g/mol. The normalized spacial score (nSPS) is 8.33. The largest absolute Gasteiger partial charge is 0.466 e. The van der Waals surface area contributed by atoms with Crippen LogP contribution in [0.2, 0.25) is 0 Å². The molecule has 4 heteroatoms. The first kappa shape index (κ1) is 31.8. The minimum Gasteiger partial charge on any atom is -0.466 e. The van der Waals surface area contributed by atoms with Crippen molar-refractivity contribution in [1.29, 1.82) is 0 Å². The van der Waals surface area contributed by atoms with E-state index < -0.39 is 0 Å². The van der Waals surface area contributed by atoms with E-state index in [4.69, 9.17) is 0 Å². The van der Waals surface area contributed by atoms with Gasteiger partial charge in [-0.25, -0.2) is 0 Å². The fraction of sp³-hybridized carbons (Fsp3) is 0.310. The molecule has 4 nitrogen and oxygen atoms in total. The summed E-state index contributed by atoms with van der Waals surface area (Å²) in [6, 6.07) is 30.8. The molecule has 0 atom stereocenters. The summed E-state index contributed by atoms with van der Waals surface area (Å²) in [7, 11) is 0. The Kier molecular flexibility index (Phi) is 22.4. The topological polar surface area (TPSA) is 52.6 Å². The standard InChI is InChI=1S/3C7H8.2C4H8O2/c3*1-7-5-3-2-4-6-7;2*1-3-6-4(2)5/h3*2-6H,1H3;2*3H2,1-2H3. The summed E-state index contributed by atoms with van der Waals surface area (Å²) in [5.74, 6) is -0.421. The Balaban J connectivity index is 0. The Labute approximate surface area is 200 Å². The Bertz CT molecular complexity index is 711. The van der Waals surface area contributed by atoms with Gasteiger partial charge in [0.25, 0.3) is 0 Å².